The quantitative estimate of drug-likeness (QED) is 0.715. The average molecular weight is 185 g/mol. The number of rotatable bonds is 1. The highest BCUT2D eigenvalue weighted by Crippen LogP contribution is 2.29. The summed E-state index contributed by atoms with van der Waals surface area (Å²) in [6, 6.07) is 10.3. The molecule has 0 heterocycles. The molecule has 0 aliphatic heterocycles. The van der Waals surface area contributed by atoms with Crippen LogP contribution in [0.2, 0.25) is 0 Å². The number of allylic oxidation sites excluding steroid dienone is 2. The molecule has 1 nitrogen and oxygen atoms in total. The van der Waals surface area contributed by atoms with Crippen molar-refractivity contribution >= 4 is 0 Å². The Morgan fingerprint density at radius 2 is 1.93 bits per heavy atom. The zero-order valence-corrected chi connectivity index (χ0v) is 8.40. The van der Waals surface area contributed by atoms with Crippen LogP contribution in [0.15, 0.2) is 54.1 Å². The van der Waals surface area contributed by atoms with Gasteiger partial charge in [-0.05, 0) is 18.9 Å². The van der Waals surface area contributed by atoms with Gasteiger partial charge in [-0.3, -0.25) is 0 Å². The van der Waals surface area contributed by atoms with E-state index in [0.29, 0.717) is 0 Å². The van der Waals surface area contributed by atoms with Crippen LogP contribution in [-0.2, 0) is 5.54 Å². The van der Waals surface area contributed by atoms with Crippen molar-refractivity contribution in [1.29, 1.82) is 0 Å². The standard InChI is InChI=1S/C13H15N/c1-11-6-5-9-13(14,10-11)12-7-3-2-4-8-12/h2-9H,10,14H2,1H3. The van der Waals surface area contributed by atoms with Crippen molar-refractivity contribution in [2.24, 2.45) is 5.73 Å². The highest BCUT2D eigenvalue weighted by molar-refractivity contribution is 5.36. The zero-order valence-electron chi connectivity index (χ0n) is 8.40. The molecule has 1 aliphatic rings. The molecule has 1 aromatic rings. The lowest BCUT2D eigenvalue weighted by atomic mass is 9.82. The van der Waals surface area contributed by atoms with Crippen LogP contribution in [0, 0.1) is 0 Å². The van der Waals surface area contributed by atoms with Gasteiger partial charge in [-0.15, -0.1) is 0 Å². The van der Waals surface area contributed by atoms with E-state index in [2.05, 4.69) is 31.2 Å². The predicted molar refractivity (Wildman–Crippen MR) is 59.8 cm³/mol. The molecule has 0 saturated carbocycles. The van der Waals surface area contributed by atoms with Crippen molar-refractivity contribution in [1.82, 2.24) is 0 Å². The largest absolute Gasteiger partial charge is 0.318 e. The third-order valence-electron chi connectivity index (χ3n) is 2.66. The van der Waals surface area contributed by atoms with E-state index in [9.17, 15) is 0 Å². The molecule has 0 spiro atoms. The van der Waals surface area contributed by atoms with E-state index >= 15 is 0 Å². The molecule has 2 N–H and O–H groups in total. The number of benzene rings is 1. The second kappa shape index (κ2) is 3.43. The fourth-order valence-electron chi connectivity index (χ4n) is 1.91. The second-order valence-corrected chi connectivity index (χ2v) is 3.96. The Bertz CT molecular complexity index is 375. The lowest BCUT2D eigenvalue weighted by molar-refractivity contribution is 0.549. The lowest BCUT2D eigenvalue weighted by Gasteiger charge is -2.29. The van der Waals surface area contributed by atoms with Gasteiger partial charge in [-0.1, -0.05) is 54.1 Å². The SMILES string of the molecule is CC1=CC=CC(N)(c2ccccc2)C1. The van der Waals surface area contributed by atoms with Gasteiger partial charge in [0.2, 0.25) is 0 Å². The summed E-state index contributed by atoms with van der Waals surface area (Å²) < 4.78 is 0. The highest BCUT2D eigenvalue weighted by atomic mass is 14.7. The fourth-order valence-corrected chi connectivity index (χ4v) is 1.91. The maximum atomic E-state index is 6.34. The van der Waals surface area contributed by atoms with Crippen LogP contribution in [0.1, 0.15) is 18.9 Å². The van der Waals surface area contributed by atoms with Crippen LogP contribution in [-0.4, -0.2) is 0 Å². The van der Waals surface area contributed by atoms with Crippen LogP contribution in [0.5, 0.6) is 0 Å². The first-order valence-electron chi connectivity index (χ1n) is 4.90. The molecule has 0 fully saturated rings. The van der Waals surface area contributed by atoms with Crippen molar-refractivity contribution < 1.29 is 0 Å². The van der Waals surface area contributed by atoms with Gasteiger partial charge >= 0.3 is 0 Å². The minimum atomic E-state index is -0.305. The average Bonchev–Trinajstić information content (AvgIpc) is 2.19. The first-order valence-corrected chi connectivity index (χ1v) is 4.90. The van der Waals surface area contributed by atoms with Crippen LogP contribution in [0.25, 0.3) is 0 Å². The summed E-state index contributed by atoms with van der Waals surface area (Å²) in [5.41, 5.74) is 8.55. The predicted octanol–water partition coefficient (Wildman–Crippen LogP) is 2.75. The van der Waals surface area contributed by atoms with Crippen LogP contribution in [0.4, 0.5) is 0 Å². The van der Waals surface area contributed by atoms with Crippen molar-refractivity contribution in [2.75, 3.05) is 0 Å². The van der Waals surface area contributed by atoms with Crippen LogP contribution in [0.3, 0.4) is 0 Å². The summed E-state index contributed by atoms with van der Waals surface area (Å²) >= 11 is 0. The Balaban J connectivity index is 2.35. The van der Waals surface area contributed by atoms with Crippen LogP contribution < -0.4 is 5.73 Å². The number of hydrogen-bond donors (Lipinski definition) is 1. The van der Waals surface area contributed by atoms with Crippen molar-refractivity contribution in [3.05, 3.63) is 59.7 Å². The first kappa shape index (κ1) is 9.22. The van der Waals surface area contributed by atoms with Gasteiger partial charge in [-0.2, -0.15) is 0 Å². The molecule has 1 aromatic carbocycles. The molecule has 2 rings (SSSR count). The van der Waals surface area contributed by atoms with Gasteiger partial charge in [0.1, 0.15) is 0 Å². The normalized spacial score (nSPS) is 26.0. The smallest absolute Gasteiger partial charge is 0.0636 e. The topological polar surface area (TPSA) is 26.0 Å². The summed E-state index contributed by atoms with van der Waals surface area (Å²) in [7, 11) is 0. The zero-order chi connectivity index (χ0) is 10.0. The first-order chi connectivity index (χ1) is 6.71. The molecule has 1 aliphatic carbocycles. The van der Waals surface area contributed by atoms with E-state index < -0.39 is 0 Å². The molecule has 14 heavy (non-hydrogen) atoms. The number of nitrogens with two attached hydrogens (primary N) is 1. The fraction of sp³-hybridized carbons (Fsp3) is 0.231. The lowest BCUT2D eigenvalue weighted by Crippen LogP contribution is -2.35. The maximum absolute atomic E-state index is 6.34. The summed E-state index contributed by atoms with van der Waals surface area (Å²) in [4.78, 5) is 0. The summed E-state index contributed by atoms with van der Waals surface area (Å²) in [6.45, 7) is 2.12. The Kier molecular flexibility index (Phi) is 2.26. The van der Waals surface area contributed by atoms with Crippen molar-refractivity contribution in [3.8, 4) is 0 Å². The summed E-state index contributed by atoms with van der Waals surface area (Å²) in [6.07, 6.45) is 7.16. The highest BCUT2D eigenvalue weighted by Gasteiger charge is 2.25. The van der Waals surface area contributed by atoms with E-state index in [1.54, 1.807) is 0 Å². The molecule has 1 unspecified atom stereocenters. The Labute approximate surface area is 84.9 Å². The van der Waals surface area contributed by atoms with Crippen molar-refractivity contribution in [3.63, 3.8) is 0 Å². The molecule has 0 aromatic heterocycles. The van der Waals surface area contributed by atoms with E-state index in [1.165, 1.54) is 11.1 Å². The molecule has 0 saturated heterocycles. The maximum Gasteiger partial charge on any atom is 0.0636 e. The molecular formula is C13H15N. The monoisotopic (exact) mass is 185 g/mol. The van der Waals surface area contributed by atoms with Gasteiger partial charge < -0.3 is 5.73 Å². The third kappa shape index (κ3) is 1.64. The van der Waals surface area contributed by atoms with E-state index in [1.807, 2.05) is 24.3 Å². The Morgan fingerprint density at radius 1 is 1.21 bits per heavy atom. The van der Waals surface area contributed by atoms with E-state index in [4.69, 9.17) is 5.73 Å². The molecule has 0 radical (unpaired) electrons. The van der Waals surface area contributed by atoms with E-state index in [-0.39, 0.29) is 5.54 Å². The summed E-state index contributed by atoms with van der Waals surface area (Å²) in [5, 5.41) is 0. The second-order valence-electron chi connectivity index (χ2n) is 3.96. The van der Waals surface area contributed by atoms with Gasteiger partial charge in [0.05, 0.1) is 5.54 Å². The van der Waals surface area contributed by atoms with Gasteiger partial charge in [0.15, 0.2) is 0 Å². The molecule has 0 bridgehead atoms. The minimum absolute atomic E-state index is 0.305. The third-order valence-corrected chi connectivity index (χ3v) is 2.66. The Hall–Kier alpha value is -1.34. The van der Waals surface area contributed by atoms with E-state index in [0.717, 1.165) is 6.42 Å². The number of hydrogen-bond acceptors (Lipinski definition) is 1. The minimum Gasteiger partial charge on any atom is -0.318 e. The van der Waals surface area contributed by atoms with Crippen LogP contribution >= 0.6 is 0 Å². The van der Waals surface area contributed by atoms with Gasteiger partial charge in [-0.25, -0.2) is 0 Å². The van der Waals surface area contributed by atoms with Crippen molar-refractivity contribution in [2.45, 2.75) is 18.9 Å². The molecular weight excluding hydrogens is 170 g/mol. The molecule has 1 heteroatoms. The summed E-state index contributed by atoms with van der Waals surface area (Å²) in [5.74, 6) is 0. The Morgan fingerprint density at radius 3 is 2.57 bits per heavy atom. The molecule has 72 valence electrons. The molecule has 0 amide bonds. The van der Waals surface area contributed by atoms with Gasteiger partial charge in [0.25, 0.3) is 0 Å². The van der Waals surface area contributed by atoms with Gasteiger partial charge in [0, 0.05) is 0 Å². The molecule has 1 atom stereocenters.